The minimum absolute atomic E-state index is 0.289. The van der Waals surface area contributed by atoms with Crippen molar-refractivity contribution in [3.63, 3.8) is 0 Å². The molecule has 0 spiro atoms. The van der Waals surface area contributed by atoms with Crippen molar-refractivity contribution >= 4 is 11.6 Å². The van der Waals surface area contributed by atoms with Crippen molar-refractivity contribution in [3.05, 3.63) is 82.5 Å². The van der Waals surface area contributed by atoms with Crippen molar-refractivity contribution in [3.8, 4) is 11.5 Å². The first-order chi connectivity index (χ1) is 12.9. The highest BCUT2D eigenvalue weighted by molar-refractivity contribution is 5.93. The third kappa shape index (κ3) is 4.41. The Kier molecular flexibility index (Phi) is 5.35. The zero-order valence-corrected chi connectivity index (χ0v) is 15.5. The molecule has 1 amide bonds. The van der Waals surface area contributed by atoms with Crippen LogP contribution >= 0.6 is 0 Å². The predicted molar refractivity (Wildman–Crippen MR) is 104 cm³/mol. The average Bonchev–Trinajstić information content (AvgIpc) is 2.63. The molecule has 2 aromatic carbocycles. The summed E-state index contributed by atoms with van der Waals surface area (Å²) in [6, 6.07) is 17.6. The van der Waals surface area contributed by atoms with Gasteiger partial charge in [-0.05, 0) is 63.2 Å². The van der Waals surface area contributed by atoms with Crippen LogP contribution in [0.4, 0.5) is 5.69 Å². The predicted octanol–water partition coefficient (Wildman–Crippen LogP) is 3.85. The van der Waals surface area contributed by atoms with Gasteiger partial charge in [0.25, 0.3) is 0 Å². The first kappa shape index (κ1) is 18.4. The SMILES string of the molecule is Cc1cc(C)n([C@@H](C)C(=O)Nc2ccc(Oc3ccccc3)cc2)c(=O)n1. The Morgan fingerprint density at radius 1 is 1.04 bits per heavy atom. The lowest BCUT2D eigenvalue weighted by molar-refractivity contribution is -0.118. The summed E-state index contributed by atoms with van der Waals surface area (Å²) >= 11 is 0. The molecule has 3 rings (SSSR count). The number of anilines is 1. The van der Waals surface area contributed by atoms with Gasteiger partial charge in [-0.2, -0.15) is 4.98 Å². The number of amides is 1. The summed E-state index contributed by atoms with van der Waals surface area (Å²) < 4.78 is 7.12. The molecule has 0 fully saturated rings. The van der Waals surface area contributed by atoms with Crippen LogP contribution in [0.1, 0.15) is 24.4 Å². The van der Waals surface area contributed by atoms with Crippen LogP contribution in [0.2, 0.25) is 0 Å². The van der Waals surface area contributed by atoms with Gasteiger partial charge in [0.05, 0.1) is 0 Å². The maximum absolute atomic E-state index is 12.5. The quantitative estimate of drug-likeness (QED) is 0.747. The maximum atomic E-state index is 12.5. The van der Waals surface area contributed by atoms with Crippen molar-refractivity contribution in [1.29, 1.82) is 0 Å². The van der Waals surface area contributed by atoms with Gasteiger partial charge in [0, 0.05) is 17.1 Å². The molecule has 0 aliphatic rings. The topological polar surface area (TPSA) is 73.2 Å². The number of nitrogens with one attached hydrogen (secondary N) is 1. The standard InChI is InChI=1S/C21H21N3O3/c1-14-13-15(2)24(21(26)22-14)16(3)20(25)23-17-9-11-19(12-10-17)27-18-7-5-4-6-8-18/h4-13,16H,1-3H3,(H,23,25)/t16-/m0/s1. The van der Waals surface area contributed by atoms with Gasteiger partial charge < -0.3 is 10.1 Å². The van der Waals surface area contributed by atoms with Crippen molar-refractivity contribution in [1.82, 2.24) is 9.55 Å². The number of carbonyl (C=O) groups excluding carboxylic acids is 1. The molecule has 0 bridgehead atoms. The molecule has 0 aliphatic carbocycles. The van der Waals surface area contributed by atoms with Gasteiger partial charge in [0.1, 0.15) is 17.5 Å². The molecule has 0 aliphatic heterocycles. The number of hydrogen-bond acceptors (Lipinski definition) is 4. The molecule has 27 heavy (non-hydrogen) atoms. The second-order valence-corrected chi connectivity index (χ2v) is 6.30. The Morgan fingerprint density at radius 2 is 1.67 bits per heavy atom. The molecule has 1 atom stereocenters. The zero-order valence-electron chi connectivity index (χ0n) is 15.5. The molecule has 0 radical (unpaired) electrons. The number of para-hydroxylation sites is 1. The van der Waals surface area contributed by atoms with E-state index in [9.17, 15) is 9.59 Å². The first-order valence-electron chi connectivity index (χ1n) is 8.64. The van der Waals surface area contributed by atoms with Gasteiger partial charge in [-0.3, -0.25) is 9.36 Å². The van der Waals surface area contributed by atoms with Crippen LogP contribution in [0.25, 0.3) is 0 Å². The highest BCUT2D eigenvalue weighted by Gasteiger charge is 2.18. The van der Waals surface area contributed by atoms with E-state index in [0.717, 1.165) is 5.75 Å². The Balaban J connectivity index is 1.70. The van der Waals surface area contributed by atoms with Gasteiger partial charge in [-0.15, -0.1) is 0 Å². The lowest BCUT2D eigenvalue weighted by Crippen LogP contribution is -2.34. The summed E-state index contributed by atoms with van der Waals surface area (Å²) in [6.45, 7) is 5.21. The van der Waals surface area contributed by atoms with E-state index in [2.05, 4.69) is 10.3 Å². The van der Waals surface area contributed by atoms with E-state index >= 15 is 0 Å². The molecule has 6 heteroatoms. The fraction of sp³-hybridized carbons (Fsp3) is 0.190. The molecule has 3 aromatic rings. The lowest BCUT2D eigenvalue weighted by Gasteiger charge is -2.17. The molecule has 1 N–H and O–H groups in total. The minimum Gasteiger partial charge on any atom is -0.457 e. The van der Waals surface area contributed by atoms with Crippen LogP contribution in [0.3, 0.4) is 0 Å². The Labute approximate surface area is 157 Å². The van der Waals surface area contributed by atoms with E-state index in [1.165, 1.54) is 4.57 Å². The van der Waals surface area contributed by atoms with E-state index in [-0.39, 0.29) is 5.91 Å². The van der Waals surface area contributed by atoms with Crippen LogP contribution in [0.5, 0.6) is 11.5 Å². The fourth-order valence-electron chi connectivity index (χ4n) is 2.83. The van der Waals surface area contributed by atoms with Crippen LogP contribution < -0.4 is 15.7 Å². The Morgan fingerprint density at radius 3 is 2.30 bits per heavy atom. The number of carbonyl (C=O) groups is 1. The van der Waals surface area contributed by atoms with Crippen LogP contribution in [0, 0.1) is 13.8 Å². The van der Waals surface area contributed by atoms with E-state index in [1.54, 1.807) is 51.1 Å². The Hall–Kier alpha value is -3.41. The van der Waals surface area contributed by atoms with Crippen LogP contribution in [-0.4, -0.2) is 15.5 Å². The van der Waals surface area contributed by atoms with Crippen molar-refractivity contribution < 1.29 is 9.53 Å². The average molecular weight is 363 g/mol. The number of nitrogens with zero attached hydrogens (tertiary/aromatic N) is 2. The van der Waals surface area contributed by atoms with E-state index < -0.39 is 11.7 Å². The smallest absolute Gasteiger partial charge is 0.348 e. The summed E-state index contributed by atoms with van der Waals surface area (Å²) in [4.78, 5) is 28.6. The summed E-state index contributed by atoms with van der Waals surface area (Å²) in [5.41, 5.74) is 1.52. The van der Waals surface area contributed by atoms with E-state index in [1.807, 2.05) is 30.3 Å². The third-order valence-corrected chi connectivity index (χ3v) is 4.14. The summed E-state index contributed by atoms with van der Waals surface area (Å²) in [5, 5.41) is 2.82. The number of aromatic nitrogens is 2. The molecular weight excluding hydrogens is 342 g/mol. The lowest BCUT2D eigenvalue weighted by atomic mass is 10.2. The zero-order chi connectivity index (χ0) is 19.4. The van der Waals surface area contributed by atoms with Gasteiger partial charge in [0.15, 0.2) is 0 Å². The third-order valence-electron chi connectivity index (χ3n) is 4.14. The second-order valence-electron chi connectivity index (χ2n) is 6.30. The molecule has 0 saturated heterocycles. The molecule has 138 valence electrons. The molecule has 0 unspecified atom stereocenters. The summed E-state index contributed by atoms with van der Waals surface area (Å²) in [5.74, 6) is 1.12. The van der Waals surface area contributed by atoms with Crippen molar-refractivity contribution in [2.24, 2.45) is 0 Å². The Bertz CT molecular complexity index is 995. The summed E-state index contributed by atoms with van der Waals surface area (Å²) in [6.07, 6.45) is 0. The van der Waals surface area contributed by atoms with Crippen LogP contribution in [-0.2, 0) is 4.79 Å². The monoisotopic (exact) mass is 363 g/mol. The highest BCUT2D eigenvalue weighted by Crippen LogP contribution is 2.23. The fourth-order valence-corrected chi connectivity index (χ4v) is 2.83. The second kappa shape index (κ2) is 7.86. The maximum Gasteiger partial charge on any atom is 0.348 e. The number of hydrogen-bond donors (Lipinski definition) is 1. The number of aryl methyl sites for hydroxylation is 2. The molecule has 6 nitrogen and oxygen atoms in total. The minimum atomic E-state index is -0.675. The number of ether oxygens (including phenoxy) is 1. The molecule has 1 aromatic heterocycles. The van der Waals surface area contributed by atoms with Gasteiger partial charge in [0.2, 0.25) is 5.91 Å². The van der Waals surface area contributed by atoms with Crippen molar-refractivity contribution in [2.75, 3.05) is 5.32 Å². The molecule has 0 saturated carbocycles. The molecule has 1 heterocycles. The highest BCUT2D eigenvalue weighted by atomic mass is 16.5. The first-order valence-corrected chi connectivity index (χ1v) is 8.64. The summed E-state index contributed by atoms with van der Waals surface area (Å²) in [7, 11) is 0. The largest absolute Gasteiger partial charge is 0.457 e. The van der Waals surface area contributed by atoms with Gasteiger partial charge in [-0.25, -0.2) is 4.79 Å². The molecular formula is C21H21N3O3. The van der Waals surface area contributed by atoms with Gasteiger partial charge >= 0.3 is 5.69 Å². The van der Waals surface area contributed by atoms with E-state index in [4.69, 9.17) is 4.74 Å². The van der Waals surface area contributed by atoms with E-state index in [0.29, 0.717) is 22.8 Å². The van der Waals surface area contributed by atoms with Crippen LogP contribution in [0.15, 0.2) is 65.5 Å². The number of benzene rings is 2. The number of rotatable bonds is 5. The van der Waals surface area contributed by atoms with Crippen molar-refractivity contribution in [2.45, 2.75) is 26.8 Å². The van der Waals surface area contributed by atoms with Gasteiger partial charge in [-0.1, -0.05) is 18.2 Å². The normalized spacial score (nSPS) is 11.7.